The van der Waals surface area contributed by atoms with Crippen LogP contribution in [0.1, 0.15) is 11.1 Å². The van der Waals surface area contributed by atoms with Gasteiger partial charge in [0.15, 0.2) is 0 Å². The van der Waals surface area contributed by atoms with E-state index < -0.39 is 0 Å². The maximum atomic E-state index is 4.35. The molecule has 4 heteroatoms. The highest BCUT2D eigenvalue weighted by Crippen LogP contribution is 2.28. The second kappa shape index (κ2) is 6.15. The molecule has 3 aromatic carbocycles. The van der Waals surface area contributed by atoms with Crippen molar-refractivity contribution in [3.05, 3.63) is 96.6 Å². The number of hydrogen-bond donors (Lipinski definition) is 0. The molecule has 4 nitrogen and oxygen atoms in total. The third kappa shape index (κ3) is 2.65. The van der Waals surface area contributed by atoms with Gasteiger partial charge in [0, 0.05) is 24.8 Å². The van der Waals surface area contributed by atoms with E-state index in [0.717, 1.165) is 13.1 Å². The van der Waals surface area contributed by atoms with E-state index in [-0.39, 0.29) is 0 Å². The van der Waals surface area contributed by atoms with Crippen molar-refractivity contribution in [1.82, 2.24) is 19.6 Å². The van der Waals surface area contributed by atoms with Crippen molar-refractivity contribution in [3.63, 3.8) is 0 Å². The molecule has 0 bridgehead atoms. The van der Waals surface area contributed by atoms with E-state index in [1.807, 2.05) is 46.3 Å². The summed E-state index contributed by atoms with van der Waals surface area (Å²) in [5, 5.41) is 13.8. The summed E-state index contributed by atoms with van der Waals surface area (Å²) in [6.07, 6.45) is 7.65. The first-order valence-electron chi connectivity index (χ1n) is 8.75. The largest absolute Gasteiger partial charge is 0.268 e. The Hall–Kier alpha value is -3.40. The van der Waals surface area contributed by atoms with Gasteiger partial charge < -0.3 is 0 Å². The van der Waals surface area contributed by atoms with E-state index in [1.165, 1.54) is 32.7 Å². The van der Waals surface area contributed by atoms with Crippen LogP contribution in [0.5, 0.6) is 0 Å². The highest BCUT2D eigenvalue weighted by atomic mass is 15.3. The molecule has 0 aliphatic carbocycles. The lowest BCUT2D eigenvalue weighted by molar-refractivity contribution is 0.689. The number of nitrogens with zero attached hydrogens (tertiary/aromatic N) is 4. The smallest absolute Gasteiger partial charge is 0.0665 e. The molecule has 0 saturated carbocycles. The van der Waals surface area contributed by atoms with E-state index in [2.05, 4.69) is 58.7 Å². The number of hydrogen-bond acceptors (Lipinski definition) is 2. The van der Waals surface area contributed by atoms with Crippen LogP contribution < -0.4 is 0 Å². The number of aromatic nitrogens is 4. The van der Waals surface area contributed by atoms with Gasteiger partial charge in [0.2, 0.25) is 0 Å². The fourth-order valence-corrected chi connectivity index (χ4v) is 3.59. The molecule has 5 rings (SSSR count). The maximum Gasteiger partial charge on any atom is 0.0665 e. The Labute approximate surface area is 151 Å². The molecule has 0 aliphatic heterocycles. The first-order valence-corrected chi connectivity index (χ1v) is 8.75. The standard InChI is InChI=1S/C22H18N4/c1-5-17-13-18-6-2-8-20(16-26-12-4-10-24-26)22(18)14-21(17)19(7-1)15-25-11-3-9-23-25/h1-14H,15-16H2. The average molecular weight is 338 g/mol. The molecular formula is C22H18N4. The molecule has 0 atom stereocenters. The van der Waals surface area contributed by atoms with E-state index in [1.54, 1.807) is 0 Å². The number of fused-ring (bicyclic) bond motifs is 2. The molecule has 0 aliphatic rings. The van der Waals surface area contributed by atoms with Crippen LogP contribution in [0.2, 0.25) is 0 Å². The van der Waals surface area contributed by atoms with Crippen molar-refractivity contribution in [3.8, 4) is 0 Å². The molecule has 0 saturated heterocycles. The van der Waals surface area contributed by atoms with Crippen LogP contribution in [0.15, 0.2) is 85.5 Å². The van der Waals surface area contributed by atoms with Crippen LogP contribution in [-0.2, 0) is 13.1 Å². The highest BCUT2D eigenvalue weighted by molar-refractivity contribution is 6.00. The summed E-state index contributed by atoms with van der Waals surface area (Å²) in [4.78, 5) is 0. The van der Waals surface area contributed by atoms with Gasteiger partial charge in [0.1, 0.15) is 0 Å². The summed E-state index contributed by atoms with van der Waals surface area (Å²) in [6, 6.07) is 21.5. The molecule has 126 valence electrons. The van der Waals surface area contributed by atoms with Gasteiger partial charge in [-0.05, 0) is 56.9 Å². The van der Waals surface area contributed by atoms with E-state index in [0.29, 0.717) is 0 Å². The van der Waals surface area contributed by atoms with Gasteiger partial charge in [0.25, 0.3) is 0 Å². The van der Waals surface area contributed by atoms with Gasteiger partial charge in [-0.25, -0.2) is 0 Å². The normalized spacial score (nSPS) is 11.4. The summed E-state index contributed by atoms with van der Waals surface area (Å²) in [5.41, 5.74) is 2.56. The van der Waals surface area contributed by atoms with E-state index >= 15 is 0 Å². The molecular weight excluding hydrogens is 320 g/mol. The first-order chi connectivity index (χ1) is 12.9. The van der Waals surface area contributed by atoms with Crippen LogP contribution in [0.25, 0.3) is 21.5 Å². The summed E-state index contributed by atoms with van der Waals surface area (Å²) in [7, 11) is 0. The molecule has 0 spiro atoms. The van der Waals surface area contributed by atoms with Gasteiger partial charge in [-0.3, -0.25) is 9.36 Å². The Morgan fingerprint density at radius 3 is 1.62 bits per heavy atom. The quantitative estimate of drug-likeness (QED) is 0.453. The van der Waals surface area contributed by atoms with E-state index in [4.69, 9.17) is 0 Å². The van der Waals surface area contributed by atoms with Crippen LogP contribution in [-0.4, -0.2) is 19.6 Å². The lowest BCUT2D eigenvalue weighted by Crippen LogP contribution is -2.02. The lowest BCUT2D eigenvalue weighted by atomic mass is 9.97. The summed E-state index contributed by atoms with van der Waals surface area (Å²) in [6.45, 7) is 1.55. The molecule has 0 N–H and O–H groups in total. The number of rotatable bonds is 4. The molecule has 0 amide bonds. The third-order valence-electron chi connectivity index (χ3n) is 4.84. The van der Waals surface area contributed by atoms with Gasteiger partial charge in [-0.15, -0.1) is 0 Å². The van der Waals surface area contributed by atoms with Crippen molar-refractivity contribution in [1.29, 1.82) is 0 Å². The van der Waals surface area contributed by atoms with Crippen LogP contribution >= 0.6 is 0 Å². The predicted octanol–water partition coefficient (Wildman–Crippen LogP) is 4.48. The Morgan fingerprint density at radius 2 is 1.15 bits per heavy atom. The first kappa shape index (κ1) is 14.9. The average Bonchev–Trinajstić information content (AvgIpc) is 3.35. The molecule has 2 aromatic heterocycles. The predicted molar refractivity (Wildman–Crippen MR) is 104 cm³/mol. The van der Waals surface area contributed by atoms with E-state index in [9.17, 15) is 0 Å². The van der Waals surface area contributed by atoms with Crippen LogP contribution in [0.3, 0.4) is 0 Å². The third-order valence-corrected chi connectivity index (χ3v) is 4.84. The summed E-state index contributed by atoms with van der Waals surface area (Å²) < 4.78 is 3.93. The minimum absolute atomic E-state index is 0.775. The van der Waals surface area contributed by atoms with Crippen molar-refractivity contribution in [2.75, 3.05) is 0 Å². The highest BCUT2D eigenvalue weighted by Gasteiger charge is 2.08. The van der Waals surface area contributed by atoms with Crippen molar-refractivity contribution >= 4 is 21.5 Å². The lowest BCUT2D eigenvalue weighted by Gasteiger charge is -2.12. The molecule has 5 aromatic rings. The van der Waals surface area contributed by atoms with Crippen molar-refractivity contribution in [2.24, 2.45) is 0 Å². The second-order valence-corrected chi connectivity index (χ2v) is 6.54. The minimum atomic E-state index is 0.775. The maximum absolute atomic E-state index is 4.35. The van der Waals surface area contributed by atoms with Crippen molar-refractivity contribution < 1.29 is 0 Å². The SMILES string of the molecule is c1cc(Cn2cccn2)c2cc3c(Cn4cccn4)cccc3cc2c1. The zero-order valence-electron chi connectivity index (χ0n) is 14.3. The molecule has 0 radical (unpaired) electrons. The van der Waals surface area contributed by atoms with Gasteiger partial charge in [0.05, 0.1) is 13.1 Å². The summed E-state index contributed by atoms with van der Waals surface area (Å²) >= 11 is 0. The van der Waals surface area contributed by atoms with Gasteiger partial charge in [-0.2, -0.15) is 10.2 Å². The Kier molecular flexibility index (Phi) is 3.53. The molecule has 0 unspecified atom stereocenters. The fraction of sp³-hybridized carbons (Fsp3) is 0.0909. The molecule has 0 fully saturated rings. The zero-order valence-corrected chi connectivity index (χ0v) is 14.3. The minimum Gasteiger partial charge on any atom is -0.268 e. The molecule has 2 heterocycles. The van der Waals surface area contributed by atoms with Crippen molar-refractivity contribution in [2.45, 2.75) is 13.1 Å². The zero-order chi connectivity index (χ0) is 17.3. The Bertz CT molecular complexity index is 1080. The van der Waals surface area contributed by atoms with Gasteiger partial charge >= 0.3 is 0 Å². The fourth-order valence-electron chi connectivity index (χ4n) is 3.59. The molecule has 26 heavy (non-hydrogen) atoms. The monoisotopic (exact) mass is 338 g/mol. The number of benzene rings is 3. The van der Waals surface area contributed by atoms with Gasteiger partial charge in [-0.1, -0.05) is 36.4 Å². The Morgan fingerprint density at radius 1 is 0.615 bits per heavy atom. The van der Waals surface area contributed by atoms with Crippen LogP contribution in [0, 0.1) is 0 Å². The topological polar surface area (TPSA) is 35.6 Å². The Balaban J connectivity index is 1.67. The second-order valence-electron chi connectivity index (χ2n) is 6.54. The summed E-state index contributed by atoms with van der Waals surface area (Å²) in [5.74, 6) is 0. The van der Waals surface area contributed by atoms with Crippen LogP contribution in [0.4, 0.5) is 0 Å².